The number of anilines is 2. The van der Waals surface area contributed by atoms with E-state index in [4.69, 9.17) is 22.1 Å². The third kappa shape index (κ3) is 3.61. The molecule has 112 valence electrons. The Balaban J connectivity index is 2.41. The highest BCUT2D eigenvalue weighted by Crippen LogP contribution is 2.31. The van der Waals surface area contributed by atoms with Crippen LogP contribution in [0.25, 0.3) is 0 Å². The summed E-state index contributed by atoms with van der Waals surface area (Å²) in [4.78, 5) is 0.0198. The highest BCUT2D eigenvalue weighted by Gasteiger charge is 2.17. The first-order chi connectivity index (χ1) is 9.83. The zero-order chi connectivity index (χ0) is 15.6. The summed E-state index contributed by atoms with van der Waals surface area (Å²) in [5.74, 6) is 0.406. The molecule has 2 aromatic carbocycles. The lowest BCUT2D eigenvalue weighted by atomic mass is 10.3. The van der Waals surface area contributed by atoms with Crippen LogP contribution in [0.5, 0.6) is 5.75 Å². The quantitative estimate of drug-likeness (QED) is 0.782. The number of ether oxygens (including phenoxy) is 1. The van der Waals surface area contributed by atoms with Crippen LogP contribution in [0.1, 0.15) is 0 Å². The van der Waals surface area contributed by atoms with Gasteiger partial charge in [0.05, 0.1) is 28.4 Å². The lowest BCUT2D eigenvalue weighted by molar-refractivity contribution is 0.417. The Morgan fingerprint density at radius 2 is 1.95 bits per heavy atom. The molecule has 0 bridgehead atoms. The van der Waals surface area contributed by atoms with Gasteiger partial charge in [0.1, 0.15) is 5.75 Å². The number of halogens is 2. The van der Waals surface area contributed by atoms with E-state index in [1.54, 1.807) is 18.2 Å². The summed E-state index contributed by atoms with van der Waals surface area (Å²) >= 11 is 9.08. The van der Waals surface area contributed by atoms with Crippen molar-refractivity contribution in [2.24, 2.45) is 0 Å². The number of sulfonamides is 1. The Hall–Kier alpha value is -1.44. The second-order valence-corrected chi connectivity index (χ2v) is 7.14. The van der Waals surface area contributed by atoms with Crippen LogP contribution in [0.15, 0.2) is 45.8 Å². The van der Waals surface area contributed by atoms with Crippen molar-refractivity contribution in [3.63, 3.8) is 0 Å². The van der Waals surface area contributed by atoms with Crippen molar-refractivity contribution in [1.29, 1.82) is 0 Å². The largest absolute Gasteiger partial charge is 0.495 e. The van der Waals surface area contributed by atoms with Crippen LogP contribution < -0.4 is 15.2 Å². The Morgan fingerprint density at radius 1 is 1.24 bits per heavy atom. The molecule has 8 heteroatoms. The molecule has 0 amide bonds. The first-order valence-electron chi connectivity index (χ1n) is 5.75. The molecule has 0 radical (unpaired) electrons. The van der Waals surface area contributed by atoms with Crippen LogP contribution >= 0.6 is 27.5 Å². The molecule has 0 heterocycles. The fourth-order valence-corrected chi connectivity index (χ4v) is 3.23. The number of hydrogen-bond acceptors (Lipinski definition) is 4. The molecule has 2 aromatic rings. The fourth-order valence-electron chi connectivity index (χ4n) is 1.65. The Kier molecular flexibility index (Phi) is 4.65. The molecule has 5 nitrogen and oxygen atoms in total. The van der Waals surface area contributed by atoms with Crippen LogP contribution in [-0.2, 0) is 10.0 Å². The minimum absolute atomic E-state index is 0.0198. The zero-order valence-electron chi connectivity index (χ0n) is 10.9. The van der Waals surface area contributed by atoms with E-state index in [1.165, 1.54) is 25.3 Å². The monoisotopic (exact) mass is 390 g/mol. The van der Waals surface area contributed by atoms with E-state index in [0.717, 1.165) is 4.47 Å². The number of benzene rings is 2. The minimum atomic E-state index is -3.79. The van der Waals surface area contributed by atoms with E-state index in [1.807, 2.05) is 0 Å². The normalized spacial score (nSPS) is 11.2. The SMILES string of the molecule is COc1ccc(Br)cc1NS(=O)(=O)c1ccc(Cl)c(N)c1. The van der Waals surface area contributed by atoms with Crippen molar-refractivity contribution in [2.75, 3.05) is 17.6 Å². The summed E-state index contributed by atoms with van der Waals surface area (Å²) in [5, 5.41) is 0.300. The first kappa shape index (κ1) is 15.9. The summed E-state index contributed by atoms with van der Waals surface area (Å²) in [7, 11) is -2.33. The lowest BCUT2D eigenvalue weighted by Gasteiger charge is -2.12. The molecule has 0 aromatic heterocycles. The van der Waals surface area contributed by atoms with Crippen LogP contribution in [0, 0.1) is 0 Å². The van der Waals surface area contributed by atoms with Crippen molar-refractivity contribution < 1.29 is 13.2 Å². The van der Waals surface area contributed by atoms with Gasteiger partial charge in [0.2, 0.25) is 0 Å². The zero-order valence-corrected chi connectivity index (χ0v) is 14.1. The second-order valence-electron chi connectivity index (χ2n) is 4.13. The van der Waals surface area contributed by atoms with E-state index in [9.17, 15) is 8.42 Å². The van der Waals surface area contributed by atoms with Crippen LogP contribution in [0.4, 0.5) is 11.4 Å². The second kappa shape index (κ2) is 6.13. The number of nitrogen functional groups attached to an aromatic ring is 1. The Labute approximate surface area is 136 Å². The van der Waals surface area contributed by atoms with Crippen molar-refractivity contribution in [1.82, 2.24) is 0 Å². The predicted octanol–water partition coefficient (Wildman–Crippen LogP) is 3.49. The van der Waals surface area contributed by atoms with Gasteiger partial charge in [0.15, 0.2) is 0 Å². The van der Waals surface area contributed by atoms with Crippen LogP contribution in [0.2, 0.25) is 5.02 Å². The third-order valence-electron chi connectivity index (χ3n) is 2.68. The maximum atomic E-state index is 12.4. The maximum absolute atomic E-state index is 12.4. The van der Waals surface area contributed by atoms with E-state index in [0.29, 0.717) is 16.5 Å². The minimum Gasteiger partial charge on any atom is -0.495 e. The molecule has 0 fully saturated rings. The molecule has 0 unspecified atom stereocenters. The van der Waals surface area contributed by atoms with Gasteiger partial charge >= 0.3 is 0 Å². The molecular formula is C13H12BrClN2O3S. The highest BCUT2D eigenvalue weighted by atomic mass is 79.9. The summed E-state index contributed by atoms with van der Waals surface area (Å²) in [6.45, 7) is 0. The number of nitrogens with two attached hydrogens (primary N) is 1. The van der Waals surface area contributed by atoms with Gasteiger partial charge < -0.3 is 10.5 Å². The Bertz CT molecular complexity index is 781. The highest BCUT2D eigenvalue weighted by molar-refractivity contribution is 9.10. The van der Waals surface area contributed by atoms with E-state index >= 15 is 0 Å². The Morgan fingerprint density at radius 3 is 2.57 bits per heavy atom. The van der Waals surface area contributed by atoms with Crippen molar-refractivity contribution >= 4 is 48.9 Å². The maximum Gasteiger partial charge on any atom is 0.262 e. The van der Waals surface area contributed by atoms with Gasteiger partial charge in [-0.2, -0.15) is 0 Å². The van der Waals surface area contributed by atoms with E-state index in [-0.39, 0.29) is 10.6 Å². The molecule has 2 rings (SSSR count). The number of methoxy groups -OCH3 is 1. The van der Waals surface area contributed by atoms with Crippen molar-refractivity contribution in [2.45, 2.75) is 4.90 Å². The third-order valence-corrected chi connectivity index (χ3v) is 4.88. The average molecular weight is 392 g/mol. The van der Waals surface area contributed by atoms with Crippen molar-refractivity contribution in [3.05, 3.63) is 45.9 Å². The van der Waals surface area contributed by atoms with Gasteiger partial charge in [-0.15, -0.1) is 0 Å². The van der Waals surface area contributed by atoms with Crippen LogP contribution in [0.3, 0.4) is 0 Å². The standard InChI is InChI=1S/C13H12BrClN2O3S/c1-20-13-5-2-8(14)6-12(13)17-21(18,19)9-3-4-10(15)11(16)7-9/h2-7,17H,16H2,1H3. The molecule has 0 atom stereocenters. The molecule has 3 N–H and O–H groups in total. The summed E-state index contributed by atoms with van der Waals surface area (Å²) in [5.41, 5.74) is 6.15. The molecule has 0 aliphatic rings. The van der Waals surface area contributed by atoms with Gasteiger partial charge in [-0.3, -0.25) is 4.72 Å². The molecule has 0 aliphatic carbocycles. The van der Waals surface area contributed by atoms with Gasteiger partial charge in [-0.1, -0.05) is 27.5 Å². The van der Waals surface area contributed by atoms with Crippen LogP contribution in [-0.4, -0.2) is 15.5 Å². The first-order valence-corrected chi connectivity index (χ1v) is 8.40. The molecule has 0 saturated carbocycles. The van der Waals surface area contributed by atoms with Gasteiger partial charge in [-0.25, -0.2) is 8.42 Å². The topological polar surface area (TPSA) is 81.4 Å². The average Bonchev–Trinajstić information content (AvgIpc) is 2.41. The summed E-state index contributed by atoms with van der Waals surface area (Å²) < 4.78 is 33.0. The predicted molar refractivity (Wildman–Crippen MR) is 87.4 cm³/mol. The number of hydrogen-bond donors (Lipinski definition) is 2. The smallest absolute Gasteiger partial charge is 0.262 e. The van der Waals surface area contributed by atoms with Gasteiger partial charge in [0, 0.05) is 4.47 Å². The van der Waals surface area contributed by atoms with Gasteiger partial charge in [0.25, 0.3) is 10.0 Å². The molecular weight excluding hydrogens is 380 g/mol. The van der Waals surface area contributed by atoms with E-state index < -0.39 is 10.0 Å². The molecule has 0 saturated heterocycles. The molecule has 0 spiro atoms. The summed E-state index contributed by atoms with van der Waals surface area (Å²) in [6, 6.07) is 9.12. The summed E-state index contributed by atoms with van der Waals surface area (Å²) in [6.07, 6.45) is 0. The molecule has 0 aliphatic heterocycles. The number of rotatable bonds is 4. The lowest BCUT2D eigenvalue weighted by Crippen LogP contribution is -2.14. The van der Waals surface area contributed by atoms with Crippen molar-refractivity contribution in [3.8, 4) is 5.75 Å². The fraction of sp³-hybridized carbons (Fsp3) is 0.0769. The van der Waals surface area contributed by atoms with E-state index in [2.05, 4.69) is 20.7 Å². The van der Waals surface area contributed by atoms with Gasteiger partial charge in [-0.05, 0) is 36.4 Å². The number of nitrogens with one attached hydrogen (secondary N) is 1. The molecule has 21 heavy (non-hydrogen) atoms.